The van der Waals surface area contributed by atoms with Crippen molar-refractivity contribution in [3.05, 3.63) is 134 Å². The summed E-state index contributed by atoms with van der Waals surface area (Å²) in [5.74, 6) is -0.921. The lowest BCUT2D eigenvalue weighted by Gasteiger charge is -2.49. The SMILES string of the molecule is C=C[C@@H]1C[C@H](O[Si](c2ccccc2)(c2ccccc2)C(C)(C)C)CCC1(S(=O)(=O)c1ccccc1)S(=O)(=O)c1ccccc1. The minimum Gasteiger partial charge on any atom is -0.404 e. The molecule has 1 fully saturated rings. The minimum atomic E-state index is -4.39. The average Bonchev–Trinajstić information content (AvgIpc) is 3.04. The summed E-state index contributed by atoms with van der Waals surface area (Å²) in [6, 6.07) is 36.3. The van der Waals surface area contributed by atoms with Crippen LogP contribution in [0.1, 0.15) is 40.0 Å². The minimum absolute atomic E-state index is 0.0160. The summed E-state index contributed by atoms with van der Waals surface area (Å²) in [5.41, 5.74) is 0. The molecular formula is C36H40O5S2Si. The highest BCUT2D eigenvalue weighted by Crippen LogP contribution is 2.51. The van der Waals surface area contributed by atoms with Gasteiger partial charge in [0.25, 0.3) is 8.32 Å². The Balaban J connectivity index is 1.66. The summed E-state index contributed by atoms with van der Waals surface area (Å²) >= 11 is 0. The highest BCUT2D eigenvalue weighted by atomic mass is 32.3. The van der Waals surface area contributed by atoms with E-state index in [-0.39, 0.29) is 34.1 Å². The van der Waals surface area contributed by atoms with Gasteiger partial charge in [0.15, 0.2) is 23.8 Å². The van der Waals surface area contributed by atoms with Gasteiger partial charge in [-0.25, -0.2) is 16.8 Å². The summed E-state index contributed by atoms with van der Waals surface area (Å²) < 4.78 is 63.8. The van der Waals surface area contributed by atoms with Gasteiger partial charge < -0.3 is 4.43 Å². The standard InChI is InChI=1S/C36H40O5S2Si/c1-5-29-28-30(41-44(35(2,3)4,33-22-14-8-15-23-33)34-24-16-9-17-25-34)26-27-36(29,42(37,38)31-18-10-6-11-19-31)43(39,40)32-20-12-7-13-21-32/h5-25,29-30H,1,26-28H2,2-4H3/t29-,30-/m1/s1. The predicted molar refractivity (Wildman–Crippen MR) is 180 cm³/mol. The van der Waals surface area contributed by atoms with Gasteiger partial charge in [0, 0.05) is 12.0 Å². The number of hydrogen-bond donors (Lipinski definition) is 0. The van der Waals surface area contributed by atoms with E-state index in [9.17, 15) is 16.8 Å². The van der Waals surface area contributed by atoms with E-state index in [1.54, 1.807) is 36.4 Å². The van der Waals surface area contributed by atoms with E-state index < -0.39 is 44.1 Å². The second-order valence-electron chi connectivity index (χ2n) is 12.5. The number of hydrogen-bond acceptors (Lipinski definition) is 5. The van der Waals surface area contributed by atoms with Gasteiger partial charge in [-0.2, -0.15) is 0 Å². The Labute approximate surface area is 263 Å². The molecule has 44 heavy (non-hydrogen) atoms. The molecule has 0 N–H and O–H groups in total. The summed E-state index contributed by atoms with van der Waals surface area (Å²) in [7, 11) is -11.8. The molecule has 0 bridgehead atoms. The quantitative estimate of drug-likeness (QED) is 0.152. The highest BCUT2D eigenvalue weighted by Gasteiger charge is 2.63. The number of benzene rings is 4. The predicted octanol–water partition coefficient (Wildman–Crippen LogP) is 6.56. The molecule has 1 aliphatic carbocycles. The lowest BCUT2D eigenvalue weighted by Crippen LogP contribution is -2.68. The van der Waals surface area contributed by atoms with Crippen molar-refractivity contribution < 1.29 is 21.3 Å². The first kappa shape index (κ1) is 32.1. The summed E-state index contributed by atoms with van der Waals surface area (Å²) in [4.78, 5) is -0.0320. The van der Waals surface area contributed by atoms with Crippen LogP contribution in [-0.4, -0.2) is 35.3 Å². The van der Waals surface area contributed by atoms with E-state index in [1.807, 2.05) is 36.4 Å². The summed E-state index contributed by atoms with van der Waals surface area (Å²) in [5, 5.41) is 1.93. The van der Waals surface area contributed by atoms with Gasteiger partial charge in [-0.3, -0.25) is 0 Å². The Hall–Kier alpha value is -3.30. The van der Waals surface area contributed by atoms with Gasteiger partial charge in [-0.05, 0) is 58.9 Å². The second kappa shape index (κ2) is 12.2. The molecule has 5 nitrogen and oxygen atoms in total. The first-order valence-electron chi connectivity index (χ1n) is 14.9. The van der Waals surface area contributed by atoms with Gasteiger partial charge in [0.05, 0.1) is 9.79 Å². The largest absolute Gasteiger partial charge is 0.404 e. The topological polar surface area (TPSA) is 77.5 Å². The molecule has 230 valence electrons. The molecule has 1 saturated carbocycles. The molecule has 0 unspecified atom stereocenters. The lowest BCUT2D eigenvalue weighted by molar-refractivity contribution is 0.120. The van der Waals surface area contributed by atoms with E-state index in [1.165, 1.54) is 30.3 Å². The van der Waals surface area contributed by atoms with E-state index in [0.717, 1.165) is 10.4 Å². The van der Waals surface area contributed by atoms with Crippen molar-refractivity contribution in [1.29, 1.82) is 0 Å². The number of allylic oxidation sites excluding steroid dienone is 1. The van der Waals surface area contributed by atoms with Gasteiger partial charge >= 0.3 is 0 Å². The smallest absolute Gasteiger partial charge is 0.261 e. The zero-order valence-corrected chi connectivity index (χ0v) is 28.1. The maximum atomic E-state index is 14.6. The fourth-order valence-electron chi connectivity index (χ4n) is 6.86. The summed E-state index contributed by atoms with van der Waals surface area (Å²) in [6.07, 6.45) is 1.46. The van der Waals surface area contributed by atoms with Crippen LogP contribution in [0.2, 0.25) is 5.04 Å². The van der Waals surface area contributed by atoms with Crippen molar-refractivity contribution in [3.63, 3.8) is 0 Å². The molecule has 0 amide bonds. The Bertz CT molecular complexity index is 1680. The van der Waals surface area contributed by atoms with Crippen LogP contribution in [0.15, 0.2) is 144 Å². The van der Waals surface area contributed by atoms with Crippen LogP contribution in [0, 0.1) is 5.92 Å². The molecule has 0 aliphatic heterocycles. The van der Waals surface area contributed by atoms with E-state index >= 15 is 0 Å². The molecule has 1 aliphatic rings. The monoisotopic (exact) mass is 644 g/mol. The molecule has 2 atom stereocenters. The maximum absolute atomic E-state index is 14.6. The number of sulfone groups is 2. The van der Waals surface area contributed by atoms with Crippen molar-refractivity contribution >= 4 is 38.4 Å². The number of rotatable bonds is 9. The van der Waals surface area contributed by atoms with Crippen molar-refractivity contribution in [2.24, 2.45) is 5.92 Å². The third-order valence-electron chi connectivity index (χ3n) is 8.96. The summed E-state index contributed by atoms with van der Waals surface area (Å²) in [6.45, 7) is 10.6. The van der Waals surface area contributed by atoms with Crippen LogP contribution in [-0.2, 0) is 24.1 Å². The van der Waals surface area contributed by atoms with Crippen LogP contribution in [0.4, 0.5) is 0 Å². The van der Waals surface area contributed by atoms with Crippen molar-refractivity contribution in [1.82, 2.24) is 0 Å². The van der Waals surface area contributed by atoms with Gasteiger partial charge in [0.2, 0.25) is 0 Å². The average molecular weight is 645 g/mol. The fraction of sp³-hybridized carbons (Fsp3) is 0.278. The molecular weight excluding hydrogens is 605 g/mol. The Morgan fingerprint density at radius 3 is 1.45 bits per heavy atom. The molecule has 8 heteroatoms. The van der Waals surface area contributed by atoms with E-state index in [0.29, 0.717) is 0 Å². The highest BCUT2D eigenvalue weighted by molar-refractivity contribution is 8.10. The molecule has 5 rings (SSSR count). The van der Waals surface area contributed by atoms with Crippen LogP contribution >= 0.6 is 0 Å². The molecule has 4 aromatic rings. The van der Waals surface area contributed by atoms with Crippen LogP contribution < -0.4 is 10.4 Å². The van der Waals surface area contributed by atoms with Crippen molar-refractivity contribution in [3.8, 4) is 0 Å². The van der Waals surface area contributed by atoms with E-state index in [2.05, 4.69) is 51.6 Å². The molecule has 0 saturated heterocycles. The molecule has 0 heterocycles. The van der Waals surface area contributed by atoms with Crippen LogP contribution in [0.5, 0.6) is 0 Å². The Morgan fingerprint density at radius 1 is 0.705 bits per heavy atom. The fourth-order valence-corrected chi connectivity index (χ4v) is 17.1. The molecule has 0 radical (unpaired) electrons. The molecule has 0 aromatic heterocycles. The first-order valence-corrected chi connectivity index (χ1v) is 19.8. The van der Waals surface area contributed by atoms with E-state index in [4.69, 9.17) is 4.43 Å². The van der Waals surface area contributed by atoms with Gasteiger partial charge in [-0.1, -0.05) is 124 Å². The van der Waals surface area contributed by atoms with Crippen molar-refractivity contribution in [2.45, 2.75) is 65.0 Å². The zero-order chi connectivity index (χ0) is 31.6. The van der Waals surface area contributed by atoms with Crippen LogP contribution in [0.25, 0.3) is 0 Å². The normalized spacial score (nSPS) is 19.2. The lowest BCUT2D eigenvalue weighted by atomic mass is 9.86. The molecule has 4 aromatic carbocycles. The zero-order valence-electron chi connectivity index (χ0n) is 25.5. The third kappa shape index (κ3) is 5.21. The Morgan fingerprint density at radius 2 is 1.09 bits per heavy atom. The third-order valence-corrected chi connectivity index (χ3v) is 20.0. The van der Waals surface area contributed by atoms with Crippen molar-refractivity contribution in [2.75, 3.05) is 0 Å². The van der Waals surface area contributed by atoms with Gasteiger partial charge in [-0.15, -0.1) is 6.58 Å². The van der Waals surface area contributed by atoms with Crippen LogP contribution in [0.3, 0.4) is 0 Å². The second-order valence-corrected chi connectivity index (χ2v) is 21.4. The maximum Gasteiger partial charge on any atom is 0.261 e. The first-order chi connectivity index (χ1) is 20.9. The molecule has 0 spiro atoms. The van der Waals surface area contributed by atoms with Gasteiger partial charge in [0.1, 0.15) is 0 Å². The Kier molecular flexibility index (Phi) is 8.93.